The summed E-state index contributed by atoms with van der Waals surface area (Å²) in [6, 6.07) is 9.99. The third-order valence-electron chi connectivity index (χ3n) is 2.14. The van der Waals surface area contributed by atoms with Crippen LogP contribution in [-0.4, -0.2) is 16.0 Å². The van der Waals surface area contributed by atoms with Gasteiger partial charge in [-0.2, -0.15) is 0 Å². The lowest BCUT2D eigenvalue weighted by atomic mass is 10.2. The van der Waals surface area contributed by atoms with Crippen molar-refractivity contribution in [1.29, 1.82) is 0 Å². The quantitative estimate of drug-likeness (QED) is 0.768. The first-order chi connectivity index (χ1) is 7.81. The third kappa shape index (κ3) is 4.43. The van der Waals surface area contributed by atoms with Crippen LogP contribution >= 0.6 is 11.8 Å². The minimum atomic E-state index is -0.0565. The van der Waals surface area contributed by atoms with Crippen LogP contribution < -0.4 is 4.90 Å². The molecule has 0 heterocycles. The Morgan fingerprint density at radius 1 is 1.18 bits per heavy atom. The van der Waals surface area contributed by atoms with E-state index in [1.165, 1.54) is 11.8 Å². The van der Waals surface area contributed by atoms with Gasteiger partial charge in [0.1, 0.15) is 0 Å². The smallest absolute Gasteiger partial charge is 0.286 e. The van der Waals surface area contributed by atoms with Crippen molar-refractivity contribution in [1.82, 2.24) is 0 Å². The lowest BCUT2D eigenvalue weighted by Gasteiger charge is -2.29. The largest absolute Gasteiger partial charge is 0.301 e. The second-order valence-electron chi connectivity index (χ2n) is 5.28. The van der Waals surface area contributed by atoms with Crippen LogP contribution in [0.1, 0.15) is 34.6 Å². The van der Waals surface area contributed by atoms with Crippen LogP contribution in [0.2, 0.25) is 0 Å². The fraction of sp³-hybridized carbons (Fsp3) is 0.500. The minimum Gasteiger partial charge on any atom is -0.301 e. The Bertz CT molecular complexity index is 368. The molecule has 0 aliphatic carbocycles. The first-order valence-electron chi connectivity index (χ1n) is 5.88. The lowest BCUT2D eigenvalue weighted by Crippen LogP contribution is -2.36. The van der Waals surface area contributed by atoms with Gasteiger partial charge in [0.05, 0.1) is 0 Å². The molecule has 1 aromatic carbocycles. The van der Waals surface area contributed by atoms with E-state index in [1.54, 1.807) is 0 Å². The molecule has 1 amide bonds. The number of anilines is 1. The van der Waals surface area contributed by atoms with E-state index in [4.69, 9.17) is 0 Å². The van der Waals surface area contributed by atoms with Gasteiger partial charge in [-0.15, -0.1) is 0 Å². The molecule has 0 aliphatic rings. The van der Waals surface area contributed by atoms with Crippen LogP contribution in [0.4, 0.5) is 10.5 Å². The summed E-state index contributed by atoms with van der Waals surface area (Å²) >= 11 is 1.38. The molecule has 3 heteroatoms. The normalized spacial score (nSPS) is 11.6. The maximum Gasteiger partial charge on any atom is 0.286 e. The molecule has 0 spiro atoms. The first-order valence-corrected chi connectivity index (χ1v) is 6.70. The molecule has 1 aromatic rings. The molecule has 1 rings (SSSR count). The number of hydrogen-bond acceptors (Lipinski definition) is 2. The summed E-state index contributed by atoms with van der Waals surface area (Å²) < 4.78 is -0.0565. The van der Waals surface area contributed by atoms with Crippen LogP contribution in [0.25, 0.3) is 0 Å². The Labute approximate surface area is 108 Å². The van der Waals surface area contributed by atoms with Crippen molar-refractivity contribution in [3.63, 3.8) is 0 Å². The Hall–Kier alpha value is -0.960. The number of amides is 1. The van der Waals surface area contributed by atoms with Gasteiger partial charge in [0, 0.05) is 16.5 Å². The molecule has 0 aromatic heterocycles. The standard InChI is InChI=1S/C14H21NOS/c1-11(2)15(12-9-7-6-8-10-12)13(16)17-14(3,4)5/h6-11H,1-5H3. The highest BCUT2D eigenvalue weighted by Crippen LogP contribution is 2.29. The predicted octanol–water partition coefficient (Wildman–Crippen LogP) is 4.55. The zero-order valence-corrected chi connectivity index (χ0v) is 12.0. The number of carbonyl (C=O) groups excluding carboxylic acids is 1. The monoisotopic (exact) mass is 251 g/mol. The topological polar surface area (TPSA) is 20.3 Å². The number of thioether (sulfide) groups is 1. The SMILES string of the molecule is CC(C)N(C(=O)SC(C)(C)C)c1ccccc1. The average Bonchev–Trinajstić information content (AvgIpc) is 2.15. The summed E-state index contributed by atoms with van der Waals surface area (Å²) in [6.45, 7) is 10.2. The summed E-state index contributed by atoms with van der Waals surface area (Å²) in [6.07, 6.45) is 0. The highest BCUT2D eigenvalue weighted by Gasteiger charge is 2.24. The molecule has 0 saturated carbocycles. The van der Waals surface area contributed by atoms with Crippen molar-refractivity contribution in [3.8, 4) is 0 Å². The van der Waals surface area contributed by atoms with Crippen molar-refractivity contribution in [2.24, 2.45) is 0 Å². The van der Waals surface area contributed by atoms with Gasteiger partial charge in [-0.05, 0) is 26.0 Å². The van der Waals surface area contributed by atoms with Crippen molar-refractivity contribution >= 4 is 22.7 Å². The predicted molar refractivity (Wildman–Crippen MR) is 76.8 cm³/mol. The number of carbonyl (C=O) groups is 1. The molecule has 0 bridgehead atoms. The highest BCUT2D eigenvalue weighted by molar-refractivity contribution is 8.15. The van der Waals surface area contributed by atoms with Crippen LogP contribution in [-0.2, 0) is 0 Å². The molecule has 0 unspecified atom stereocenters. The Morgan fingerprint density at radius 2 is 1.71 bits per heavy atom. The number of rotatable bonds is 2. The zero-order valence-electron chi connectivity index (χ0n) is 11.2. The van der Waals surface area contributed by atoms with Crippen LogP contribution in [0.15, 0.2) is 30.3 Å². The van der Waals surface area contributed by atoms with Gasteiger partial charge >= 0.3 is 0 Å². The molecule has 0 fully saturated rings. The zero-order chi connectivity index (χ0) is 13.1. The highest BCUT2D eigenvalue weighted by atomic mass is 32.2. The molecule has 2 nitrogen and oxygen atoms in total. The lowest BCUT2D eigenvalue weighted by molar-refractivity contribution is 0.263. The number of nitrogens with zero attached hydrogens (tertiary/aromatic N) is 1. The van der Waals surface area contributed by atoms with E-state index in [0.717, 1.165) is 5.69 Å². The molecule has 0 aliphatic heterocycles. The van der Waals surface area contributed by atoms with Crippen LogP contribution in [0, 0.1) is 0 Å². The fourth-order valence-electron chi connectivity index (χ4n) is 1.51. The summed E-state index contributed by atoms with van der Waals surface area (Å²) in [5.74, 6) is 0. The van der Waals surface area contributed by atoms with E-state index in [-0.39, 0.29) is 16.0 Å². The molecule has 0 saturated heterocycles. The Morgan fingerprint density at radius 3 is 2.12 bits per heavy atom. The van der Waals surface area contributed by atoms with E-state index < -0.39 is 0 Å². The maximum atomic E-state index is 12.3. The van der Waals surface area contributed by atoms with Crippen molar-refractivity contribution in [3.05, 3.63) is 30.3 Å². The van der Waals surface area contributed by atoms with Crippen molar-refractivity contribution in [2.75, 3.05) is 4.90 Å². The first kappa shape index (κ1) is 14.1. The maximum absolute atomic E-state index is 12.3. The van der Waals surface area contributed by atoms with Gasteiger partial charge < -0.3 is 4.90 Å². The van der Waals surface area contributed by atoms with Gasteiger partial charge in [-0.3, -0.25) is 4.79 Å². The van der Waals surface area contributed by atoms with Gasteiger partial charge in [0.25, 0.3) is 5.24 Å². The number of hydrogen-bond donors (Lipinski definition) is 0. The summed E-state index contributed by atoms with van der Waals surface area (Å²) in [5.41, 5.74) is 0.962. The molecular formula is C14H21NOS. The van der Waals surface area contributed by atoms with Gasteiger partial charge in [0.2, 0.25) is 0 Å². The van der Waals surface area contributed by atoms with Crippen molar-refractivity contribution < 1.29 is 4.79 Å². The minimum absolute atomic E-state index is 0.0565. The van der Waals surface area contributed by atoms with E-state index in [1.807, 2.05) is 49.1 Å². The molecule has 0 atom stereocenters. The van der Waals surface area contributed by atoms with Gasteiger partial charge in [-0.25, -0.2) is 0 Å². The number of benzene rings is 1. The average molecular weight is 251 g/mol. The summed E-state index contributed by atoms with van der Waals surface area (Å²) in [4.78, 5) is 14.1. The number of para-hydroxylation sites is 1. The van der Waals surface area contributed by atoms with E-state index in [9.17, 15) is 4.79 Å². The second kappa shape index (κ2) is 5.58. The van der Waals surface area contributed by atoms with Crippen molar-refractivity contribution in [2.45, 2.75) is 45.4 Å². The van der Waals surface area contributed by atoms with E-state index in [0.29, 0.717) is 0 Å². The Kier molecular flexibility index (Phi) is 4.63. The molecule has 94 valence electrons. The van der Waals surface area contributed by atoms with Gasteiger partial charge in [-0.1, -0.05) is 50.7 Å². The third-order valence-corrected chi connectivity index (χ3v) is 3.12. The molecule has 17 heavy (non-hydrogen) atoms. The fourth-order valence-corrected chi connectivity index (χ4v) is 2.45. The second-order valence-corrected chi connectivity index (χ2v) is 7.06. The van der Waals surface area contributed by atoms with E-state index >= 15 is 0 Å². The summed E-state index contributed by atoms with van der Waals surface area (Å²) in [7, 11) is 0. The molecule has 0 radical (unpaired) electrons. The molecule has 0 N–H and O–H groups in total. The van der Waals surface area contributed by atoms with Crippen LogP contribution in [0.5, 0.6) is 0 Å². The Balaban J connectivity index is 2.92. The summed E-state index contributed by atoms with van der Waals surface area (Å²) in [5, 5.41) is 0.110. The van der Waals surface area contributed by atoms with Gasteiger partial charge in [0.15, 0.2) is 0 Å². The molecular weight excluding hydrogens is 230 g/mol. The van der Waals surface area contributed by atoms with Crippen LogP contribution in [0.3, 0.4) is 0 Å². The van der Waals surface area contributed by atoms with E-state index in [2.05, 4.69) is 20.8 Å².